The molecule has 0 saturated heterocycles. The van der Waals surface area contributed by atoms with Crippen molar-refractivity contribution in [1.29, 1.82) is 0 Å². The zero-order valence-electron chi connectivity index (χ0n) is 20.2. The van der Waals surface area contributed by atoms with Gasteiger partial charge in [0.1, 0.15) is 5.82 Å². The molecular formula is C28H32ClN5S. The fraction of sp³-hybridized carbons (Fsp3) is 0.393. The van der Waals surface area contributed by atoms with Crippen molar-refractivity contribution in [1.82, 2.24) is 15.3 Å². The van der Waals surface area contributed by atoms with Crippen molar-refractivity contribution in [2.45, 2.75) is 57.4 Å². The number of fused-ring (bicyclic) bond motifs is 1. The Morgan fingerprint density at radius 1 is 1.03 bits per heavy atom. The molecule has 2 N–H and O–H groups in total. The van der Waals surface area contributed by atoms with Gasteiger partial charge in [-0.15, -0.1) is 0 Å². The van der Waals surface area contributed by atoms with Gasteiger partial charge >= 0.3 is 0 Å². The number of benzene rings is 2. The summed E-state index contributed by atoms with van der Waals surface area (Å²) in [7, 11) is 0. The molecule has 5 nitrogen and oxygen atoms in total. The van der Waals surface area contributed by atoms with Crippen LogP contribution in [-0.2, 0) is 18.4 Å². The molecule has 1 saturated carbocycles. The van der Waals surface area contributed by atoms with Crippen LogP contribution >= 0.6 is 23.8 Å². The fourth-order valence-corrected chi connectivity index (χ4v) is 5.82. The van der Waals surface area contributed by atoms with E-state index in [1.54, 1.807) is 0 Å². The molecule has 1 aliphatic carbocycles. The molecule has 2 aliphatic rings. The summed E-state index contributed by atoms with van der Waals surface area (Å²) in [5, 5.41) is 8.06. The van der Waals surface area contributed by atoms with Crippen LogP contribution in [0.2, 0.25) is 5.02 Å². The molecule has 3 aromatic rings. The average Bonchev–Trinajstić information content (AvgIpc) is 2.87. The lowest BCUT2D eigenvalue weighted by Gasteiger charge is -2.38. The van der Waals surface area contributed by atoms with Crippen molar-refractivity contribution in [2.24, 2.45) is 0 Å². The summed E-state index contributed by atoms with van der Waals surface area (Å²) in [5.41, 5.74) is 5.03. The predicted octanol–water partition coefficient (Wildman–Crippen LogP) is 6.19. The van der Waals surface area contributed by atoms with Crippen LogP contribution in [0.1, 0.15) is 54.5 Å². The van der Waals surface area contributed by atoms with E-state index < -0.39 is 0 Å². The molecule has 1 aromatic heterocycles. The Kier molecular flexibility index (Phi) is 7.21. The van der Waals surface area contributed by atoms with Gasteiger partial charge in [-0.05, 0) is 67.2 Å². The zero-order chi connectivity index (χ0) is 24.3. The molecule has 2 heterocycles. The zero-order valence-corrected chi connectivity index (χ0v) is 21.8. The van der Waals surface area contributed by atoms with Crippen molar-refractivity contribution in [3.05, 3.63) is 82.0 Å². The van der Waals surface area contributed by atoms with E-state index in [0.717, 1.165) is 55.4 Å². The Morgan fingerprint density at radius 3 is 2.63 bits per heavy atom. The lowest BCUT2D eigenvalue weighted by atomic mass is 9.69. The molecule has 0 unspecified atom stereocenters. The van der Waals surface area contributed by atoms with Crippen LogP contribution in [-0.4, -0.2) is 28.2 Å². The molecule has 2 aromatic carbocycles. The highest BCUT2D eigenvalue weighted by atomic mass is 35.5. The normalized spacial score (nSPS) is 16.9. The van der Waals surface area contributed by atoms with Crippen LogP contribution in [0.4, 0.5) is 11.8 Å². The molecule has 0 spiro atoms. The number of thiocarbonyl (C=S) groups is 1. The highest BCUT2D eigenvalue weighted by Crippen LogP contribution is 2.39. The minimum absolute atomic E-state index is 0.0364. The van der Waals surface area contributed by atoms with E-state index >= 15 is 0 Å². The Bertz CT molecular complexity index is 1210. The van der Waals surface area contributed by atoms with Crippen LogP contribution in [0, 0.1) is 6.92 Å². The first-order valence-corrected chi connectivity index (χ1v) is 13.3. The van der Waals surface area contributed by atoms with E-state index in [-0.39, 0.29) is 5.41 Å². The second kappa shape index (κ2) is 10.5. The number of aryl methyl sites for hydroxylation is 1. The van der Waals surface area contributed by atoms with E-state index in [0.29, 0.717) is 11.1 Å². The molecular weight excluding hydrogens is 474 g/mol. The summed E-state index contributed by atoms with van der Waals surface area (Å²) in [6, 6.07) is 19.0. The number of rotatable bonds is 5. The molecule has 0 bridgehead atoms. The summed E-state index contributed by atoms with van der Waals surface area (Å²) >= 11 is 12.0. The summed E-state index contributed by atoms with van der Waals surface area (Å²) in [6.07, 6.45) is 7.00. The SMILES string of the molecule is Cc1cc(N2CCc3ccccc3C2)nc(NC(=S)NCC2(c3cccc(Cl)c3)CCCCC2)n1. The van der Waals surface area contributed by atoms with Gasteiger partial charge in [0.2, 0.25) is 5.95 Å². The van der Waals surface area contributed by atoms with Crippen LogP contribution < -0.4 is 15.5 Å². The third-order valence-electron chi connectivity index (χ3n) is 7.36. The van der Waals surface area contributed by atoms with Crippen LogP contribution in [0.15, 0.2) is 54.6 Å². The number of nitrogens with one attached hydrogen (secondary N) is 2. The minimum atomic E-state index is 0.0364. The Labute approximate surface area is 218 Å². The quantitative estimate of drug-likeness (QED) is 0.403. The van der Waals surface area contributed by atoms with E-state index in [4.69, 9.17) is 28.8 Å². The first kappa shape index (κ1) is 24.0. The summed E-state index contributed by atoms with van der Waals surface area (Å²) < 4.78 is 0. The van der Waals surface area contributed by atoms with Crippen molar-refractivity contribution < 1.29 is 0 Å². The third kappa shape index (κ3) is 5.60. The van der Waals surface area contributed by atoms with Gasteiger partial charge in [-0.25, -0.2) is 4.98 Å². The maximum atomic E-state index is 6.34. The number of hydrogen-bond donors (Lipinski definition) is 2. The first-order valence-electron chi connectivity index (χ1n) is 12.5. The average molecular weight is 506 g/mol. The number of hydrogen-bond acceptors (Lipinski definition) is 4. The molecule has 5 rings (SSSR count). The first-order chi connectivity index (χ1) is 17.0. The minimum Gasteiger partial charge on any atom is -0.361 e. The molecule has 1 fully saturated rings. The molecule has 182 valence electrons. The van der Waals surface area contributed by atoms with Gasteiger partial charge in [-0.1, -0.05) is 67.3 Å². The largest absolute Gasteiger partial charge is 0.361 e. The van der Waals surface area contributed by atoms with Crippen molar-refractivity contribution >= 4 is 40.7 Å². The second-order valence-corrected chi connectivity index (χ2v) is 10.6. The Hall–Kier alpha value is -2.70. The van der Waals surface area contributed by atoms with Crippen LogP contribution in [0.3, 0.4) is 0 Å². The van der Waals surface area contributed by atoms with Gasteiger partial charge in [0.25, 0.3) is 0 Å². The lowest BCUT2D eigenvalue weighted by molar-refractivity contribution is 0.292. The standard InChI is InChI=1S/C28H32ClN5S/c1-20-16-25(34-15-12-21-8-3-4-9-22(21)18-34)32-26(31-20)33-27(35)30-19-28(13-5-2-6-14-28)23-10-7-11-24(29)17-23/h3-4,7-11,16-17H,2,5-6,12-15,18-19H2,1H3,(H2,30,31,32,33,35). The predicted molar refractivity (Wildman–Crippen MR) is 148 cm³/mol. The molecule has 1 aliphatic heterocycles. The molecule has 35 heavy (non-hydrogen) atoms. The molecule has 0 amide bonds. The molecule has 0 radical (unpaired) electrons. The molecule has 0 atom stereocenters. The summed E-state index contributed by atoms with van der Waals surface area (Å²) in [5.74, 6) is 1.47. The maximum Gasteiger partial charge on any atom is 0.231 e. The fourth-order valence-electron chi connectivity index (χ4n) is 5.47. The van der Waals surface area contributed by atoms with Crippen LogP contribution in [0.25, 0.3) is 0 Å². The lowest BCUT2D eigenvalue weighted by Crippen LogP contribution is -2.43. The van der Waals surface area contributed by atoms with Crippen molar-refractivity contribution in [3.63, 3.8) is 0 Å². The smallest absolute Gasteiger partial charge is 0.231 e. The maximum absolute atomic E-state index is 6.34. The number of halogens is 1. The number of nitrogens with zero attached hydrogens (tertiary/aromatic N) is 3. The highest BCUT2D eigenvalue weighted by molar-refractivity contribution is 7.80. The monoisotopic (exact) mass is 505 g/mol. The summed E-state index contributed by atoms with van der Waals surface area (Å²) in [6.45, 7) is 4.57. The van der Waals surface area contributed by atoms with Gasteiger partial charge < -0.3 is 15.5 Å². The third-order valence-corrected chi connectivity index (χ3v) is 7.84. The highest BCUT2D eigenvalue weighted by Gasteiger charge is 2.34. The molecule has 7 heteroatoms. The van der Waals surface area contributed by atoms with E-state index in [1.807, 2.05) is 25.1 Å². The van der Waals surface area contributed by atoms with Gasteiger partial charge in [-0.3, -0.25) is 0 Å². The van der Waals surface area contributed by atoms with Crippen molar-refractivity contribution in [3.8, 4) is 0 Å². The number of anilines is 2. The van der Waals surface area contributed by atoms with Gasteiger partial charge in [0.15, 0.2) is 5.11 Å². The van der Waals surface area contributed by atoms with E-state index in [1.165, 1.54) is 36.0 Å². The summed E-state index contributed by atoms with van der Waals surface area (Å²) in [4.78, 5) is 11.7. The van der Waals surface area contributed by atoms with Crippen LogP contribution in [0.5, 0.6) is 0 Å². The number of aromatic nitrogens is 2. The van der Waals surface area contributed by atoms with Crippen molar-refractivity contribution in [2.75, 3.05) is 23.3 Å². The van der Waals surface area contributed by atoms with E-state index in [2.05, 4.69) is 56.9 Å². The Balaban J connectivity index is 1.27. The second-order valence-electron chi connectivity index (χ2n) is 9.79. The van der Waals surface area contributed by atoms with Gasteiger partial charge in [-0.2, -0.15) is 4.98 Å². The topological polar surface area (TPSA) is 53.1 Å². The van der Waals surface area contributed by atoms with E-state index in [9.17, 15) is 0 Å². The van der Waals surface area contributed by atoms with Gasteiger partial charge in [0, 0.05) is 41.8 Å². The Morgan fingerprint density at radius 2 is 1.83 bits per heavy atom. The van der Waals surface area contributed by atoms with Gasteiger partial charge in [0.05, 0.1) is 0 Å².